The first kappa shape index (κ1) is 22.8. The molecule has 0 bridgehead atoms. The highest BCUT2D eigenvalue weighted by molar-refractivity contribution is 8.26. The average molecular weight is 463 g/mol. The molecule has 0 unspecified atom stereocenters. The lowest BCUT2D eigenvalue weighted by Crippen LogP contribution is -2.35. The number of nitrogens with zero attached hydrogens (tertiary/aromatic N) is 3. The molecule has 170 valence electrons. The first-order valence-electron chi connectivity index (χ1n) is 10.9. The highest BCUT2D eigenvalue weighted by Crippen LogP contribution is 2.29. The minimum atomic E-state index is -0.421. The van der Waals surface area contributed by atoms with Gasteiger partial charge in [-0.3, -0.25) is 10.2 Å². The molecule has 7 nitrogen and oxygen atoms in total. The van der Waals surface area contributed by atoms with Gasteiger partial charge in [-0.25, -0.2) is 0 Å². The summed E-state index contributed by atoms with van der Waals surface area (Å²) < 4.78 is 11.6. The van der Waals surface area contributed by atoms with E-state index in [1.165, 1.54) is 22.3 Å². The number of amidine groups is 2. The van der Waals surface area contributed by atoms with Crippen LogP contribution in [0.2, 0.25) is 0 Å². The molecule has 2 aromatic rings. The number of fused-ring (bicyclic) bond motifs is 1. The normalized spacial score (nSPS) is 16.6. The van der Waals surface area contributed by atoms with Crippen LogP contribution in [0.15, 0.2) is 58.1 Å². The number of ether oxygens (including phenoxy) is 2. The zero-order chi connectivity index (χ0) is 23.4. The van der Waals surface area contributed by atoms with Gasteiger partial charge in [0.05, 0.1) is 18.8 Å². The van der Waals surface area contributed by atoms with E-state index in [9.17, 15) is 4.79 Å². The van der Waals surface area contributed by atoms with Gasteiger partial charge in [-0.1, -0.05) is 36.8 Å². The van der Waals surface area contributed by atoms with Crippen molar-refractivity contribution in [3.05, 3.63) is 64.7 Å². The maximum Gasteiger partial charge on any atom is 0.283 e. The third-order valence-electron chi connectivity index (χ3n) is 5.14. The fourth-order valence-corrected chi connectivity index (χ4v) is 4.22. The van der Waals surface area contributed by atoms with Gasteiger partial charge in [-0.05, 0) is 67.4 Å². The number of hydrogen-bond acceptors (Lipinski definition) is 6. The largest absolute Gasteiger partial charge is 0.493 e. The van der Waals surface area contributed by atoms with E-state index < -0.39 is 5.91 Å². The fourth-order valence-electron chi connectivity index (χ4n) is 3.39. The van der Waals surface area contributed by atoms with Crippen LogP contribution in [0.5, 0.6) is 11.5 Å². The maximum atomic E-state index is 12.4. The Bertz CT molecular complexity index is 1170. The van der Waals surface area contributed by atoms with Crippen molar-refractivity contribution in [3.8, 4) is 11.5 Å². The molecule has 1 amide bonds. The van der Waals surface area contributed by atoms with Gasteiger partial charge < -0.3 is 9.47 Å². The van der Waals surface area contributed by atoms with Crippen molar-refractivity contribution >= 4 is 39.8 Å². The Hall–Kier alpha value is -3.39. The summed E-state index contributed by atoms with van der Waals surface area (Å²) in [6.45, 7) is 7.21. The second kappa shape index (κ2) is 10.0. The Morgan fingerprint density at radius 3 is 2.58 bits per heavy atom. The summed E-state index contributed by atoms with van der Waals surface area (Å²) in [6, 6.07) is 13.6. The second-order valence-electron chi connectivity index (χ2n) is 7.76. The molecule has 0 radical (unpaired) electrons. The molecule has 2 aliphatic heterocycles. The molecule has 2 aromatic carbocycles. The SMILES string of the molecule is CCC1=NN2C(=N)C(=Cc3ccc(OCCCOc4ccc(C)cc4C)cc3)C(=O)N=C2S1. The van der Waals surface area contributed by atoms with Gasteiger partial charge in [0, 0.05) is 6.42 Å². The van der Waals surface area contributed by atoms with Crippen LogP contribution in [-0.4, -0.2) is 40.2 Å². The zero-order valence-electron chi connectivity index (χ0n) is 18.9. The summed E-state index contributed by atoms with van der Waals surface area (Å²) >= 11 is 1.33. The monoisotopic (exact) mass is 462 g/mol. The maximum absolute atomic E-state index is 12.4. The molecule has 0 aromatic heterocycles. The molecule has 1 N–H and O–H groups in total. The van der Waals surface area contributed by atoms with Crippen LogP contribution in [0.4, 0.5) is 0 Å². The van der Waals surface area contributed by atoms with Gasteiger partial charge in [0.1, 0.15) is 16.5 Å². The molecule has 0 fully saturated rings. The third-order valence-corrected chi connectivity index (χ3v) is 6.19. The van der Waals surface area contributed by atoms with E-state index in [0.717, 1.165) is 40.5 Å². The van der Waals surface area contributed by atoms with Gasteiger partial charge in [0.25, 0.3) is 5.91 Å². The summed E-state index contributed by atoms with van der Waals surface area (Å²) in [7, 11) is 0. The first-order chi connectivity index (χ1) is 15.9. The Morgan fingerprint density at radius 2 is 1.85 bits per heavy atom. The number of carbonyl (C=O) groups is 1. The van der Waals surface area contributed by atoms with Crippen LogP contribution in [0.1, 0.15) is 36.5 Å². The molecule has 2 aliphatic rings. The lowest BCUT2D eigenvalue weighted by molar-refractivity contribution is -0.114. The van der Waals surface area contributed by atoms with E-state index in [4.69, 9.17) is 14.9 Å². The minimum absolute atomic E-state index is 0.0464. The third kappa shape index (κ3) is 5.34. The van der Waals surface area contributed by atoms with Gasteiger partial charge in [0.15, 0.2) is 5.84 Å². The zero-order valence-corrected chi connectivity index (χ0v) is 19.7. The van der Waals surface area contributed by atoms with Crippen LogP contribution in [0.3, 0.4) is 0 Å². The van der Waals surface area contributed by atoms with E-state index in [1.54, 1.807) is 6.08 Å². The number of hydrogen-bond donors (Lipinski definition) is 1. The van der Waals surface area contributed by atoms with Crippen molar-refractivity contribution in [2.45, 2.75) is 33.6 Å². The van der Waals surface area contributed by atoms with Crippen molar-refractivity contribution in [1.82, 2.24) is 5.01 Å². The number of rotatable bonds is 8. The Labute approximate surface area is 197 Å². The van der Waals surface area contributed by atoms with Gasteiger partial charge in [0.2, 0.25) is 5.17 Å². The van der Waals surface area contributed by atoms with Crippen LogP contribution < -0.4 is 9.47 Å². The van der Waals surface area contributed by atoms with E-state index in [2.05, 4.69) is 23.1 Å². The molecular formula is C25H26N4O3S. The molecular weight excluding hydrogens is 436 g/mol. The van der Waals surface area contributed by atoms with Crippen molar-refractivity contribution < 1.29 is 14.3 Å². The number of aryl methyl sites for hydroxylation is 2. The number of benzene rings is 2. The van der Waals surface area contributed by atoms with E-state index in [-0.39, 0.29) is 11.4 Å². The standard InChI is InChI=1S/C25H26N4O3S/c1-4-22-28-29-23(26)20(24(30)27-25(29)33-22)15-18-7-9-19(10-8-18)31-12-5-13-32-21-11-6-16(2)14-17(21)3/h6-11,14-15,26H,4-5,12-13H2,1-3H3. The van der Waals surface area contributed by atoms with Crippen LogP contribution in [0, 0.1) is 19.3 Å². The highest BCUT2D eigenvalue weighted by Gasteiger charge is 2.34. The van der Waals surface area contributed by atoms with Crippen LogP contribution in [0.25, 0.3) is 6.08 Å². The van der Waals surface area contributed by atoms with Crippen molar-refractivity contribution in [2.24, 2.45) is 10.1 Å². The Morgan fingerprint density at radius 1 is 1.09 bits per heavy atom. The van der Waals surface area contributed by atoms with Gasteiger partial charge in [-0.15, -0.1) is 0 Å². The molecule has 0 aliphatic carbocycles. The molecule has 33 heavy (non-hydrogen) atoms. The van der Waals surface area contributed by atoms with Crippen LogP contribution in [-0.2, 0) is 4.79 Å². The topological polar surface area (TPSA) is 87.3 Å². The fraction of sp³-hybridized carbons (Fsp3) is 0.280. The Kier molecular flexibility index (Phi) is 6.93. The summed E-state index contributed by atoms with van der Waals surface area (Å²) in [5, 5.41) is 15.5. The summed E-state index contributed by atoms with van der Waals surface area (Å²) in [5.41, 5.74) is 3.36. The Balaban J connectivity index is 1.30. The highest BCUT2D eigenvalue weighted by atomic mass is 32.2. The molecule has 0 saturated heterocycles. The summed E-state index contributed by atoms with van der Waals surface area (Å²) in [5.74, 6) is 1.27. The summed E-state index contributed by atoms with van der Waals surface area (Å²) in [4.78, 5) is 16.5. The lowest BCUT2D eigenvalue weighted by atomic mass is 10.1. The predicted octanol–water partition coefficient (Wildman–Crippen LogP) is 5.18. The quantitative estimate of drug-likeness (QED) is 0.431. The van der Waals surface area contributed by atoms with Crippen molar-refractivity contribution in [1.29, 1.82) is 5.41 Å². The number of carbonyl (C=O) groups excluding carboxylic acids is 1. The van der Waals surface area contributed by atoms with Crippen LogP contribution >= 0.6 is 11.8 Å². The predicted molar refractivity (Wildman–Crippen MR) is 133 cm³/mol. The van der Waals surface area contributed by atoms with Gasteiger partial charge in [-0.2, -0.15) is 15.1 Å². The molecule has 4 rings (SSSR count). The number of aliphatic imine (C=N–C) groups is 1. The second-order valence-corrected chi connectivity index (χ2v) is 8.80. The molecule has 0 saturated carbocycles. The van der Waals surface area contributed by atoms with Gasteiger partial charge >= 0.3 is 0 Å². The lowest BCUT2D eigenvalue weighted by Gasteiger charge is -2.20. The van der Waals surface area contributed by atoms with E-state index >= 15 is 0 Å². The minimum Gasteiger partial charge on any atom is -0.493 e. The number of nitrogens with one attached hydrogen (secondary N) is 1. The number of hydrazone groups is 1. The van der Waals surface area contributed by atoms with Crippen molar-refractivity contribution in [2.75, 3.05) is 13.2 Å². The smallest absolute Gasteiger partial charge is 0.283 e. The molecule has 0 spiro atoms. The molecule has 2 heterocycles. The molecule has 8 heteroatoms. The average Bonchev–Trinajstić information content (AvgIpc) is 3.22. The van der Waals surface area contributed by atoms with E-state index in [1.807, 2.05) is 50.2 Å². The summed E-state index contributed by atoms with van der Waals surface area (Å²) in [6.07, 6.45) is 3.16. The number of thioether (sulfide) groups is 1. The molecule has 0 atom stereocenters. The first-order valence-corrected chi connectivity index (χ1v) is 11.7. The van der Waals surface area contributed by atoms with E-state index in [0.29, 0.717) is 18.4 Å². The van der Waals surface area contributed by atoms with Crippen molar-refractivity contribution in [3.63, 3.8) is 0 Å². The number of amides is 1.